The average Bonchev–Trinajstić information content (AvgIpc) is 2.45. The smallest absolute Gasteiger partial charge is 0.119 e. The largest absolute Gasteiger partial charge is 0.497 e. The van der Waals surface area contributed by atoms with Gasteiger partial charge in [0, 0.05) is 23.2 Å². The summed E-state index contributed by atoms with van der Waals surface area (Å²) < 4.78 is 5.25. The third kappa shape index (κ3) is 3.75. The summed E-state index contributed by atoms with van der Waals surface area (Å²) in [5.41, 5.74) is 3.28. The van der Waals surface area contributed by atoms with Gasteiger partial charge >= 0.3 is 0 Å². The summed E-state index contributed by atoms with van der Waals surface area (Å²) in [6.07, 6.45) is 0. The molecule has 106 valence electrons. The molecule has 0 radical (unpaired) electrons. The zero-order chi connectivity index (χ0) is 14.5. The van der Waals surface area contributed by atoms with E-state index in [-0.39, 0.29) is 0 Å². The van der Waals surface area contributed by atoms with Gasteiger partial charge in [0.25, 0.3) is 0 Å². The first-order chi connectivity index (χ1) is 9.60. The summed E-state index contributed by atoms with van der Waals surface area (Å²) in [7, 11) is 1.67. The molecule has 3 heteroatoms. The molecule has 0 aliphatic rings. The molecule has 0 aromatic heterocycles. The maximum atomic E-state index is 6.41. The van der Waals surface area contributed by atoms with Crippen LogP contribution in [0.1, 0.15) is 19.4 Å². The van der Waals surface area contributed by atoms with Crippen molar-refractivity contribution in [1.82, 2.24) is 5.32 Å². The summed E-state index contributed by atoms with van der Waals surface area (Å²) in [6.45, 7) is 5.09. The van der Waals surface area contributed by atoms with Gasteiger partial charge in [-0.3, -0.25) is 0 Å². The highest BCUT2D eigenvalue weighted by Crippen LogP contribution is 2.30. The van der Waals surface area contributed by atoms with Crippen LogP contribution in [-0.2, 0) is 6.54 Å². The van der Waals surface area contributed by atoms with Crippen LogP contribution in [0.15, 0.2) is 42.5 Å². The molecule has 0 heterocycles. The number of ether oxygens (including phenoxy) is 1. The molecule has 0 bridgehead atoms. The predicted octanol–water partition coefficient (Wildman–Crippen LogP) is 4.51. The van der Waals surface area contributed by atoms with Crippen molar-refractivity contribution in [3.05, 3.63) is 53.1 Å². The third-order valence-electron chi connectivity index (χ3n) is 3.13. The molecule has 2 aromatic carbocycles. The van der Waals surface area contributed by atoms with Gasteiger partial charge in [0.15, 0.2) is 0 Å². The van der Waals surface area contributed by atoms with E-state index in [1.807, 2.05) is 30.3 Å². The Hall–Kier alpha value is -1.51. The van der Waals surface area contributed by atoms with Crippen LogP contribution in [0.5, 0.6) is 5.75 Å². The maximum absolute atomic E-state index is 6.41. The minimum absolute atomic E-state index is 0.465. The zero-order valence-corrected chi connectivity index (χ0v) is 12.9. The van der Waals surface area contributed by atoms with Gasteiger partial charge in [-0.05, 0) is 29.3 Å². The minimum Gasteiger partial charge on any atom is -0.497 e. The lowest BCUT2D eigenvalue weighted by molar-refractivity contribution is 0.415. The second-order valence-corrected chi connectivity index (χ2v) is 5.49. The first-order valence-electron chi connectivity index (χ1n) is 6.76. The number of hydrogen-bond donors (Lipinski definition) is 1. The first-order valence-corrected chi connectivity index (χ1v) is 7.14. The minimum atomic E-state index is 0.465. The lowest BCUT2D eigenvalue weighted by Crippen LogP contribution is -2.21. The fraction of sp³-hybridized carbons (Fsp3) is 0.294. The molecule has 0 aliphatic heterocycles. The van der Waals surface area contributed by atoms with Crippen molar-refractivity contribution in [2.45, 2.75) is 26.4 Å². The van der Waals surface area contributed by atoms with Crippen molar-refractivity contribution in [3.8, 4) is 16.9 Å². The monoisotopic (exact) mass is 289 g/mol. The Morgan fingerprint density at radius 1 is 1.15 bits per heavy atom. The summed E-state index contributed by atoms with van der Waals surface area (Å²) in [5.74, 6) is 0.837. The number of halogens is 1. The molecule has 0 atom stereocenters. The van der Waals surface area contributed by atoms with Gasteiger partial charge in [0.2, 0.25) is 0 Å². The summed E-state index contributed by atoms with van der Waals surface area (Å²) in [6, 6.07) is 14.6. The number of hydrogen-bond acceptors (Lipinski definition) is 2. The summed E-state index contributed by atoms with van der Waals surface area (Å²) >= 11 is 6.41. The Morgan fingerprint density at radius 2 is 1.95 bits per heavy atom. The van der Waals surface area contributed by atoms with Crippen LogP contribution in [0.3, 0.4) is 0 Å². The van der Waals surface area contributed by atoms with Crippen LogP contribution in [-0.4, -0.2) is 13.2 Å². The molecule has 2 nitrogen and oxygen atoms in total. The highest BCUT2D eigenvalue weighted by atomic mass is 35.5. The van der Waals surface area contributed by atoms with Crippen LogP contribution >= 0.6 is 11.6 Å². The molecule has 0 fully saturated rings. The van der Waals surface area contributed by atoms with Crippen molar-refractivity contribution >= 4 is 11.6 Å². The second-order valence-electron chi connectivity index (χ2n) is 5.08. The number of nitrogens with one attached hydrogen (secondary N) is 1. The molecule has 0 spiro atoms. The molecule has 0 saturated carbocycles. The van der Waals surface area contributed by atoms with E-state index >= 15 is 0 Å². The topological polar surface area (TPSA) is 21.3 Å². The molecule has 0 saturated heterocycles. The van der Waals surface area contributed by atoms with Gasteiger partial charge in [-0.1, -0.05) is 49.7 Å². The molecule has 2 rings (SSSR count). The van der Waals surface area contributed by atoms with Gasteiger partial charge in [-0.2, -0.15) is 0 Å². The van der Waals surface area contributed by atoms with Crippen molar-refractivity contribution in [3.63, 3.8) is 0 Å². The molecule has 0 aliphatic carbocycles. The highest BCUT2D eigenvalue weighted by Gasteiger charge is 2.06. The van der Waals surface area contributed by atoms with Gasteiger partial charge < -0.3 is 10.1 Å². The van der Waals surface area contributed by atoms with E-state index in [1.54, 1.807) is 7.11 Å². The Kier molecular flexibility index (Phi) is 5.05. The van der Waals surface area contributed by atoms with E-state index < -0.39 is 0 Å². The molecule has 20 heavy (non-hydrogen) atoms. The molecular formula is C17H20ClNO. The van der Waals surface area contributed by atoms with Gasteiger partial charge in [0.05, 0.1) is 7.11 Å². The van der Waals surface area contributed by atoms with Gasteiger partial charge in [0.1, 0.15) is 5.75 Å². The average molecular weight is 290 g/mol. The molecule has 0 amide bonds. The van der Waals surface area contributed by atoms with E-state index in [0.717, 1.165) is 28.4 Å². The van der Waals surface area contributed by atoms with E-state index in [1.165, 1.54) is 5.56 Å². The van der Waals surface area contributed by atoms with Crippen LogP contribution in [0.2, 0.25) is 5.02 Å². The second kappa shape index (κ2) is 6.78. The highest BCUT2D eigenvalue weighted by molar-refractivity contribution is 6.33. The van der Waals surface area contributed by atoms with Gasteiger partial charge in [-0.15, -0.1) is 0 Å². The van der Waals surface area contributed by atoms with Crippen LogP contribution < -0.4 is 10.1 Å². The van der Waals surface area contributed by atoms with Gasteiger partial charge in [-0.25, -0.2) is 0 Å². The van der Waals surface area contributed by atoms with E-state index in [0.29, 0.717) is 6.04 Å². The number of methoxy groups -OCH3 is 1. The predicted molar refractivity (Wildman–Crippen MR) is 85.4 cm³/mol. The van der Waals surface area contributed by atoms with E-state index in [4.69, 9.17) is 16.3 Å². The quantitative estimate of drug-likeness (QED) is 0.874. The SMILES string of the molecule is COc1cccc(-c2ccc(CNC(C)C)cc2Cl)c1. The fourth-order valence-corrected chi connectivity index (χ4v) is 2.33. The normalized spacial score (nSPS) is 10.8. The van der Waals surface area contributed by atoms with Crippen molar-refractivity contribution in [2.24, 2.45) is 0 Å². The lowest BCUT2D eigenvalue weighted by Gasteiger charge is -2.11. The molecule has 0 unspecified atom stereocenters. The van der Waals surface area contributed by atoms with Crippen molar-refractivity contribution in [1.29, 1.82) is 0 Å². The Balaban J connectivity index is 2.24. The molecular weight excluding hydrogens is 270 g/mol. The first kappa shape index (κ1) is 14.9. The van der Waals surface area contributed by atoms with Crippen LogP contribution in [0, 0.1) is 0 Å². The Labute approximate surface area is 125 Å². The molecule has 1 N–H and O–H groups in total. The summed E-state index contributed by atoms with van der Waals surface area (Å²) in [4.78, 5) is 0. The lowest BCUT2D eigenvalue weighted by atomic mass is 10.0. The molecule has 2 aromatic rings. The maximum Gasteiger partial charge on any atom is 0.119 e. The van der Waals surface area contributed by atoms with Crippen LogP contribution in [0.4, 0.5) is 0 Å². The Bertz CT molecular complexity index is 581. The number of rotatable bonds is 5. The summed E-state index contributed by atoms with van der Waals surface area (Å²) in [5, 5.41) is 4.15. The van der Waals surface area contributed by atoms with E-state index in [9.17, 15) is 0 Å². The van der Waals surface area contributed by atoms with Crippen molar-refractivity contribution < 1.29 is 4.74 Å². The number of benzene rings is 2. The van der Waals surface area contributed by atoms with Crippen LogP contribution in [0.25, 0.3) is 11.1 Å². The van der Waals surface area contributed by atoms with E-state index in [2.05, 4.69) is 31.3 Å². The Morgan fingerprint density at radius 3 is 2.60 bits per heavy atom. The van der Waals surface area contributed by atoms with Crippen molar-refractivity contribution in [2.75, 3.05) is 7.11 Å². The fourth-order valence-electron chi connectivity index (χ4n) is 2.02. The standard InChI is InChI=1S/C17H20ClNO/c1-12(2)19-11-13-7-8-16(17(18)9-13)14-5-4-6-15(10-14)20-3/h4-10,12,19H,11H2,1-3H3. The third-order valence-corrected chi connectivity index (χ3v) is 3.44. The zero-order valence-electron chi connectivity index (χ0n) is 12.1.